The molecule has 0 aromatic heterocycles. The van der Waals surface area contributed by atoms with Crippen molar-refractivity contribution in [1.82, 2.24) is 0 Å². The van der Waals surface area contributed by atoms with E-state index in [-0.39, 0.29) is 23.7 Å². The van der Waals surface area contributed by atoms with E-state index in [1.807, 2.05) is 18.2 Å². The summed E-state index contributed by atoms with van der Waals surface area (Å²) in [4.78, 5) is 21.8. The fraction of sp³-hybridized carbons (Fsp3) is 0.0714. The average molecular weight is 287 g/mol. The third-order valence-corrected chi connectivity index (χ3v) is 2.69. The van der Waals surface area contributed by atoms with Gasteiger partial charge in [-0.3, -0.25) is 14.9 Å². The smallest absolute Gasteiger partial charge is 0.271 e. The summed E-state index contributed by atoms with van der Waals surface area (Å²) >= 11 is 0. The summed E-state index contributed by atoms with van der Waals surface area (Å²) in [6.07, 6.45) is 0. The largest absolute Gasteiger partial charge is 0.506 e. The SMILES string of the molecule is O=C(CNc1ccccc1)Nc1cc([N+](=O)[O-])ccc1O. The van der Waals surface area contributed by atoms with Gasteiger partial charge in [-0.15, -0.1) is 0 Å². The summed E-state index contributed by atoms with van der Waals surface area (Å²) < 4.78 is 0. The Morgan fingerprint density at radius 2 is 1.90 bits per heavy atom. The summed E-state index contributed by atoms with van der Waals surface area (Å²) in [5.41, 5.74) is 0.569. The van der Waals surface area contributed by atoms with E-state index in [1.54, 1.807) is 12.1 Å². The van der Waals surface area contributed by atoms with Gasteiger partial charge in [0.2, 0.25) is 5.91 Å². The van der Waals surface area contributed by atoms with Gasteiger partial charge in [-0.2, -0.15) is 0 Å². The molecule has 2 rings (SSSR count). The summed E-state index contributed by atoms with van der Waals surface area (Å²) in [6.45, 7) is -0.0217. The number of hydrogen-bond acceptors (Lipinski definition) is 5. The number of phenols is 1. The number of nitrogens with zero attached hydrogens (tertiary/aromatic N) is 1. The van der Waals surface area contributed by atoms with Crippen molar-refractivity contribution >= 4 is 23.0 Å². The minimum absolute atomic E-state index is 0.00376. The van der Waals surface area contributed by atoms with Crippen LogP contribution in [0.4, 0.5) is 17.1 Å². The summed E-state index contributed by atoms with van der Waals surface area (Å²) in [7, 11) is 0. The molecule has 7 heteroatoms. The van der Waals surface area contributed by atoms with Crippen molar-refractivity contribution in [1.29, 1.82) is 0 Å². The summed E-state index contributed by atoms with van der Waals surface area (Å²) in [5.74, 6) is -0.650. The van der Waals surface area contributed by atoms with Crippen LogP contribution in [0.2, 0.25) is 0 Å². The molecule has 0 fully saturated rings. The number of para-hydroxylation sites is 1. The Bertz CT molecular complexity index is 659. The molecule has 7 nitrogen and oxygen atoms in total. The highest BCUT2D eigenvalue weighted by molar-refractivity contribution is 5.95. The van der Waals surface area contributed by atoms with E-state index < -0.39 is 10.8 Å². The number of nitrogens with one attached hydrogen (secondary N) is 2. The van der Waals surface area contributed by atoms with Crippen LogP contribution in [0.3, 0.4) is 0 Å². The zero-order valence-corrected chi connectivity index (χ0v) is 10.9. The molecule has 0 saturated heterocycles. The van der Waals surface area contributed by atoms with E-state index in [1.165, 1.54) is 6.07 Å². The van der Waals surface area contributed by atoms with Crippen LogP contribution in [-0.4, -0.2) is 22.5 Å². The van der Waals surface area contributed by atoms with Gasteiger partial charge in [0.05, 0.1) is 17.2 Å². The number of rotatable bonds is 5. The monoisotopic (exact) mass is 287 g/mol. The second kappa shape index (κ2) is 6.38. The summed E-state index contributed by atoms with van der Waals surface area (Å²) in [6, 6.07) is 12.5. The third kappa shape index (κ3) is 3.93. The number of anilines is 2. The maximum Gasteiger partial charge on any atom is 0.271 e. The lowest BCUT2D eigenvalue weighted by Crippen LogP contribution is -2.21. The normalized spacial score (nSPS) is 9.90. The third-order valence-electron chi connectivity index (χ3n) is 2.69. The van der Waals surface area contributed by atoms with Crippen LogP contribution in [0.25, 0.3) is 0 Å². The fourth-order valence-corrected chi connectivity index (χ4v) is 1.67. The van der Waals surface area contributed by atoms with Gasteiger partial charge in [0.25, 0.3) is 5.69 Å². The topological polar surface area (TPSA) is 104 Å². The minimum Gasteiger partial charge on any atom is -0.506 e. The van der Waals surface area contributed by atoms with E-state index in [9.17, 15) is 20.0 Å². The number of benzene rings is 2. The van der Waals surface area contributed by atoms with Crippen LogP contribution < -0.4 is 10.6 Å². The molecule has 0 unspecified atom stereocenters. The van der Waals surface area contributed by atoms with Gasteiger partial charge < -0.3 is 15.7 Å². The standard InChI is InChI=1S/C14H13N3O4/c18-13-7-6-11(17(20)21)8-12(13)16-14(19)9-15-10-4-2-1-3-5-10/h1-8,15,18H,9H2,(H,16,19). The maximum absolute atomic E-state index is 11.8. The van der Waals surface area contributed by atoms with Gasteiger partial charge >= 0.3 is 0 Å². The first-order chi connectivity index (χ1) is 10.1. The predicted octanol–water partition coefficient (Wildman–Crippen LogP) is 2.35. The highest BCUT2D eigenvalue weighted by atomic mass is 16.6. The molecule has 0 atom stereocenters. The Kier molecular flexibility index (Phi) is 4.35. The van der Waals surface area contributed by atoms with Crippen LogP contribution in [-0.2, 0) is 4.79 Å². The first-order valence-corrected chi connectivity index (χ1v) is 6.12. The lowest BCUT2D eigenvalue weighted by atomic mass is 10.2. The number of carbonyl (C=O) groups excluding carboxylic acids is 1. The molecule has 108 valence electrons. The predicted molar refractivity (Wildman–Crippen MR) is 78.3 cm³/mol. The number of amides is 1. The van der Waals surface area contributed by atoms with Gasteiger partial charge in [0, 0.05) is 17.8 Å². The Hall–Kier alpha value is -3.09. The molecule has 0 spiro atoms. The summed E-state index contributed by atoms with van der Waals surface area (Å²) in [5, 5.41) is 25.6. The van der Waals surface area contributed by atoms with Gasteiger partial charge in [0.1, 0.15) is 5.75 Å². The number of nitro groups is 1. The molecule has 21 heavy (non-hydrogen) atoms. The molecule has 0 aliphatic rings. The Morgan fingerprint density at radius 3 is 2.57 bits per heavy atom. The molecular formula is C14H13N3O4. The number of nitro benzene ring substituents is 1. The van der Waals surface area contributed by atoms with Crippen LogP contribution in [0.15, 0.2) is 48.5 Å². The Morgan fingerprint density at radius 1 is 1.19 bits per heavy atom. The highest BCUT2D eigenvalue weighted by Crippen LogP contribution is 2.27. The molecule has 0 heterocycles. The van der Waals surface area contributed by atoms with Crippen molar-refractivity contribution in [2.24, 2.45) is 0 Å². The zero-order chi connectivity index (χ0) is 15.2. The number of carbonyl (C=O) groups is 1. The van der Waals surface area contributed by atoms with Crippen molar-refractivity contribution in [2.45, 2.75) is 0 Å². The van der Waals surface area contributed by atoms with E-state index >= 15 is 0 Å². The maximum atomic E-state index is 11.8. The van der Waals surface area contributed by atoms with E-state index in [4.69, 9.17) is 0 Å². The van der Waals surface area contributed by atoms with Crippen molar-refractivity contribution in [3.63, 3.8) is 0 Å². The van der Waals surface area contributed by atoms with Crippen LogP contribution >= 0.6 is 0 Å². The van der Waals surface area contributed by atoms with Crippen LogP contribution in [0, 0.1) is 10.1 Å². The number of phenolic OH excluding ortho intramolecular Hbond substituents is 1. The van der Waals surface area contributed by atoms with E-state index in [0.717, 1.165) is 17.8 Å². The van der Waals surface area contributed by atoms with E-state index in [2.05, 4.69) is 10.6 Å². The molecular weight excluding hydrogens is 274 g/mol. The number of non-ortho nitro benzene ring substituents is 1. The first-order valence-electron chi connectivity index (χ1n) is 6.12. The molecule has 1 amide bonds. The molecule has 0 aliphatic heterocycles. The van der Waals surface area contributed by atoms with Crippen LogP contribution in [0.1, 0.15) is 0 Å². The van der Waals surface area contributed by atoms with Gasteiger partial charge in [-0.05, 0) is 18.2 Å². The molecule has 0 saturated carbocycles. The number of aromatic hydroxyl groups is 1. The van der Waals surface area contributed by atoms with E-state index in [0.29, 0.717) is 0 Å². The lowest BCUT2D eigenvalue weighted by molar-refractivity contribution is -0.384. The second-order valence-corrected chi connectivity index (χ2v) is 4.23. The Balaban J connectivity index is 1.99. The van der Waals surface area contributed by atoms with Crippen molar-refractivity contribution in [2.75, 3.05) is 17.2 Å². The average Bonchev–Trinajstić information content (AvgIpc) is 2.48. The zero-order valence-electron chi connectivity index (χ0n) is 10.9. The highest BCUT2D eigenvalue weighted by Gasteiger charge is 2.12. The van der Waals surface area contributed by atoms with Crippen molar-refractivity contribution < 1.29 is 14.8 Å². The van der Waals surface area contributed by atoms with Crippen molar-refractivity contribution in [3.05, 3.63) is 58.6 Å². The molecule has 0 aliphatic carbocycles. The van der Waals surface area contributed by atoms with Gasteiger partial charge in [-0.1, -0.05) is 18.2 Å². The van der Waals surface area contributed by atoms with Crippen molar-refractivity contribution in [3.8, 4) is 5.75 Å². The second-order valence-electron chi connectivity index (χ2n) is 4.23. The molecule has 3 N–H and O–H groups in total. The first kappa shape index (κ1) is 14.3. The fourth-order valence-electron chi connectivity index (χ4n) is 1.67. The van der Waals surface area contributed by atoms with Gasteiger partial charge in [0.15, 0.2) is 0 Å². The molecule has 0 bridgehead atoms. The molecule has 2 aromatic rings. The Labute approximate surface area is 120 Å². The van der Waals surface area contributed by atoms with Crippen LogP contribution in [0.5, 0.6) is 5.75 Å². The quantitative estimate of drug-likeness (QED) is 0.445. The lowest BCUT2D eigenvalue weighted by Gasteiger charge is -2.09. The van der Waals surface area contributed by atoms with Gasteiger partial charge in [-0.25, -0.2) is 0 Å². The number of hydrogen-bond donors (Lipinski definition) is 3. The minimum atomic E-state index is -0.600. The molecule has 2 aromatic carbocycles. The molecule has 0 radical (unpaired) electrons.